The summed E-state index contributed by atoms with van der Waals surface area (Å²) in [6.45, 7) is 16.8. The Kier molecular flexibility index (Phi) is 17.1. The Labute approximate surface area is 183 Å². The van der Waals surface area contributed by atoms with Gasteiger partial charge in [0.1, 0.15) is 5.60 Å². The fraction of sp³-hybridized carbons (Fsp3) is 0.895. The molecule has 3 N–H and O–H groups in total. The minimum atomic E-state index is -0.463. The van der Waals surface area contributed by atoms with E-state index in [0.29, 0.717) is 12.6 Å². The average molecular weight is 499 g/mol. The highest BCUT2D eigenvalue weighted by Crippen LogP contribution is 2.06. The standard InChI is InChI=1S/C19H41N5O2.HI/c1-8-24(9-2)15-10-12-16(3)23-17(20-7)21-13-11-14-22-18(25)26-19(4,5)6;/h16H,8-15H2,1-7H3,(H,22,25)(H2,20,21,23);1H. The first-order valence-corrected chi connectivity index (χ1v) is 9.88. The molecule has 0 saturated carbocycles. The van der Waals surface area contributed by atoms with Crippen molar-refractivity contribution >= 4 is 36.0 Å². The third-order valence-corrected chi connectivity index (χ3v) is 3.93. The zero-order valence-corrected chi connectivity index (χ0v) is 20.7. The Balaban J connectivity index is 0. The molecule has 0 aromatic heterocycles. The lowest BCUT2D eigenvalue weighted by molar-refractivity contribution is 0.0527. The van der Waals surface area contributed by atoms with Crippen molar-refractivity contribution in [2.45, 2.75) is 72.4 Å². The van der Waals surface area contributed by atoms with E-state index in [9.17, 15) is 4.79 Å². The van der Waals surface area contributed by atoms with Crippen LogP contribution in [0.25, 0.3) is 0 Å². The van der Waals surface area contributed by atoms with Crippen LogP contribution in [0.15, 0.2) is 4.99 Å². The van der Waals surface area contributed by atoms with E-state index in [0.717, 1.165) is 45.0 Å². The lowest BCUT2D eigenvalue weighted by atomic mass is 10.2. The van der Waals surface area contributed by atoms with Gasteiger partial charge >= 0.3 is 6.09 Å². The van der Waals surface area contributed by atoms with Gasteiger partial charge in [0.25, 0.3) is 0 Å². The molecule has 162 valence electrons. The van der Waals surface area contributed by atoms with Gasteiger partial charge in [0, 0.05) is 26.2 Å². The molecule has 1 unspecified atom stereocenters. The van der Waals surface area contributed by atoms with Crippen molar-refractivity contribution in [2.24, 2.45) is 4.99 Å². The van der Waals surface area contributed by atoms with Gasteiger partial charge in [0.05, 0.1) is 0 Å². The van der Waals surface area contributed by atoms with Crippen LogP contribution >= 0.6 is 24.0 Å². The molecule has 1 amide bonds. The predicted octanol–water partition coefficient (Wildman–Crippen LogP) is 3.19. The molecule has 0 aliphatic carbocycles. The molecule has 0 aliphatic rings. The number of hydrogen-bond donors (Lipinski definition) is 3. The highest BCUT2D eigenvalue weighted by atomic mass is 127. The van der Waals surface area contributed by atoms with Gasteiger partial charge in [-0.15, -0.1) is 24.0 Å². The van der Waals surface area contributed by atoms with E-state index in [1.807, 2.05) is 20.8 Å². The number of amides is 1. The zero-order chi connectivity index (χ0) is 20.0. The summed E-state index contributed by atoms with van der Waals surface area (Å²) in [5, 5.41) is 9.45. The molecule has 1 atom stereocenters. The Morgan fingerprint density at radius 1 is 1.11 bits per heavy atom. The van der Waals surface area contributed by atoms with Gasteiger partial charge in [0.15, 0.2) is 5.96 Å². The molecular formula is C19H42IN5O2. The number of alkyl carbamates (subject to hydrolysis) is 1. The quantitative estimate of drug-likeness (QED) is 0.176. The van der Waals surface area contributed by atoms with Crippen molar-refractivity contribution in [2.75, 3.05) is 39.8 Å². The van der Waals surface area contributed by atoms with E-state index in [4.69, 9.17) is 4.74 Å². The third-order valence-electron chi connectivity index (χ3n) is 3.93. The van der Waals surface area contributed by atoms with Gasteiger partial charge in [-0.3, -0.25) is 4.99 Å². The topological polar surface area (TPSA) is 78.0 Å². The molecule has 7 nitrogen and oxygen atoms in total. The van der Waals surface area contributed by atoms with Crippen LogP contribution in [0.2, 0.25) is 0 Å². The molecule has 0 heterocycles. The van der Waals surface area contributed by atoms with Crippen LogP contribution in [0, 0.1) is 0 Å². The Bertz CT molecular complexity index is 409. The Morgan fingerprint density at radius 2 is 1.70 bits per heavy atom. The van der Waals surface area contributed by atoms with Crippen LogP contribution in [0.3, 0.4) is 0 Å². The Hall–Kier alpha value is -0.770. The van der Waals surface area contributed by atoms with Gasteiger partial charge in [-0.25, -0.2) is 4.79 Å². The highest BCUT2D eigenvalue weighted by molar-refractivity contribution is 14.0. The van der Waals surface area contributed by atoms with E-state index in [1.165, 1.54) is 6.42 Å². The first-order chi connectivity index (χ1) is 12.2. The van der Waals surface area contributed by atoms with Crippen LogP contribution in [-0.4, -0.2) is 68.4 Å². The lowest BCUT2D eigenvalue weighted by Gasteiger charge is -2.21. The van der Waals surface area contributed by atoms with E-state index >= 15 is 0 Å². The highest BCUT2D eigenvalue weighted by Gasteiger charge is 2.15. The van der Waals surface area contributed by atoms with E-state index in [1.54, 1.807) is 7.05 Å². The second-order valence-corrected chi connectivity index (χ2v) is 7.50. The normalized spacial score (nSPS) is 13.0. The lowest BCUT2D eigenvalue weighted by Crippen LogP contribution is -2.43. The summed E-state index contributed by atoms with van der Waals surface area (Å²) in [4.78, 5) is 18.3. The van der Waals surface area contributed by atoms with Crippen LogP contribution in [-0.2, 0) is 4.74 Å². The molecule has 0 aliphatic heterocycles. The van der Waals surface area contributed by atoms with Crippen LogP contribution < -0.4 is 16.0 Å². The first-order valence-electron chi connectivity index (χ1n) is 9.88. The minimum Gasteiger partial charge on any atom is -0.444 e. The molecular weight excluding hydrogens is 457 g/mol. The largest absolute Gasteiger partial charge is 0.444 e. The van der Waals surface area contributed by atoms with Crippen LogP contribution in [0.1, 0.15) is 60.8 Å². The number of rotatable bonds is 11. The summed E-state index contributed by atoms with van der Waals surface area (Å²) in [6, 6.07) is 0.372. The summed E-state index contributed by atoms with van der Waals surface area (Å²) in [6.07, 6.45) is 2.71. The molecule has 27 heavy (non-hydrogen) atoms. The first kappa shape index (κ1) is 28.4. The van der Waals surface area contributed by atoms with Crippen molar-refractivity contribution in [3.8, 4) is 0 Å². The van der Waals surface area contributed by atoms with Gasteiger partial charge < -0.3 is 25.6 Å². The van der Waals surface area contributed by atoms with Gasteiger partial charge in [-0.05, 0) is 66.6 Å². The second kappa shape index (κ2) is 16.2. The summed E-state index contributed by atoms with van der Waals surface area (Å²) in [5.74, 6) is 0.803. The Morgan fingerprint density at radius 3 is 2.22 bits per heavy atom. The van der Waals surface area contributed by atoms with Crippen LogP contribution in [0.5, 0.6) is 0 Å². The van der Waals surface area contributed by atoms with Crippen molar-refractivity contribution in [3.63, 3.8) is 0 Å². The second-order valence-electron chi connectivity index (χ2n) is 7.50. The fourth-order valence-electron chi connectivity index (χ4n) is 2.46. The van der Waals surface area contributed by atoms with Crippen molar-refractivity contribution in [3.05, 3.63) is 0 Å². The van der Waals surface area contributed by atoms with Crippen molar-refractivity contribution < 1.29 is 9.53 Å². The fourth-order valence-corrected chi connectivity index (χ4v) is 2.46. The molecule has 0 fully saturated rings. The van der Waals surface area contributed by atoms with Gasteiger partial charge in [-0.2, -0.15) is 0 Å². The summed E-state index contributed by atoms with van der Waals surface area (Å²) in [5.41, 5.74) is -0.463. The van der Waals surface area contributed by atoms with Crippen LogP contribution in [0.4, 0.5) is 4.79 Å². The van der Waals surface area contributed by atoms with E-state index in [-0.39, 0.29) is 30.1 Å². The molecule has 0 saturated heterocycles. The molecule has 0 aromatic carbocycles. The number of carbonyl (C=O) groups excluding carboxylic acids is 1. The SMILES string of the molecule is CCN(CC)CCCC(C)NC(=NC)NCCCNC(=O)OC(C)(C)C.I. The molecule has 0 radical (unpaired) electrons. The number of guanidine groups is 1. The summed E-state index contributed by atoms with van der Waals surface area (Å²) < 4.78 is 5.20. The van der Waals surface area contributed by atoms with E-state index in [2.05, 4.69) is 46.6 Å². The number of hydrogen-bond acceptors (Lipinski definition) is 4. The summed E-state index contributed by atoms with van der Waals surface area (Å²) >= 11 is 0. The van der Waals surface area contributed by atoms with E-state index < -0.39 is 5.60 Å². The maximum atomic E-state index is 11.6. The average Bonchev–Trinajstić information content (AvgIpc) is 2.55. The number of carbonyl (C=O) groups is 1. The number of ether oxygens (including phenoxy) is 1. The number of nitrogens with one attached hydrogen (secondary N) is 3. The number of nitrogens with zero attached hydrogens (tertiary/aromatic N) is 2. The molecule has 8 heteroatoms. The maximum absolute atomic E-state index is 11.6. The molecule has 0 rings (SSSR count). The maximum Gasteiger partial charge on any atom is 0.407 e. The molecule has 0 bridgehead atoms. The monoisotopic (exact) mass is 499 g/mol. The van der Waals surface area contributed by atoms with Crippen molar-refractivity contribution in [1.29, 1.82) is 0 Å². The van der Waals surface area contributed by atoms with Gasteiger partial charge in [-0.1, -0.05) is 13.8 Å². The predicted molar refractivity (Wildman–Crippen MR) is 125 cm³/mol. The number of halogens is 1. The van der Waals surface area contributed by atoms with Crippen molar-refractivity contribution in [1.82, 2.24) is 20.9 Å². The molecule has 0 aromatic rings. The molecule has 0 spiro atoms. The minimum absolute atomic E-state index is 0. The zero-order valence-electron chi connectivity index (χ0n) is 18.4. The number of aliphatic imine (C=N–C) groups is 1. The third kappa shape index (κ3) is 17.1. The smallest absolute Gasteiger partial charge is 0.407 e. The summed E-state index contributed by atoms with van der Waals surface area (Å²) in [7, 11) is 1.77. The van der Waals surface area contributed by atoms with Gasteiger partial charge in [0.2, 0.25) is 0 Å².